The Balaban J connectivity index is 1.71. The minimum Gasteiger partial charge on any atom is -0.326 e. The van der Waals surface area contributed by atoms with Gasteiger partial charge in [-0.1, -0.05) is 57.2 Å². The standard InChI is InChI=1S/C25H33N3O4S/c1-25(2,3)21-13-11-18(12-14-21)23(29)19-8-6-10-22(16-19)26-24(30)20-9-7-15-28(17-20)33(31,32)27(4)5/h6,8,10-14,16,20H,7,9,15,17H2,1-5H3,(H,26,30). The highest BCUT2D eigenvalue weighted by Crippen LogP contribution is 2.25. The van der Waals surface area contributed by atoms with Crippen molar-refractivity contribution in [2.24, 2.45) is 5.92 Å². The molecule has 1 heterocycles. The SMILES string of the molecule is CN(C)S(=O)(=O)N1CCCC(C(=O)Nc2cccc(C(=O)c3ccc(C(C)(C)C)cc3)c2)C1. The third-order valence-electron chi connectivity index (χ3n) is 5.95. The van der Waals surface area contributed by atoms with Gasteiger partial charge < -0.3 is 5.32 Å². The predicted molar refractivity (Wildman–Crippen MR) is 131 cm³/mol. The monoisotopic (exact) mass is 471 g/mol. The number of rotatable bonds is 6. The average molecular weight is 472 g/mol. The van der Waals surface area contributed by atoms with Crippen molar-refractivity contribution >= 4 is 27.6 Å². The molecular weight excluding hydrogens is 438 g/mol. The number of piperidine rings is 1. The van der Waals surface area contributed by atoms with Crippen LogP contribution < -0.4 is 5.32 Å². The lowest BCUT2D eigenvalue weighted by molar-refractivity contribution is -0.120. The molecule has 1 unspecified atom stereocenters. The molecule has 1 N–H and O–H groups in total. The zero-order valence-electron chi connectivity index (χ0n) is 20.0. The lowest BCUT2D eigenvalue weighted by atomic mass is 9.86. The maximum atomic E-state index is 13.0. The van der Waals surface area contributed by atoms with Crippen LogP contribution in [0.25, 0.3) is 0 Å². The van der Waals surface area contributed by atoms with Crippen LogP contribution in [0.2, 0.25) is 0 Å². The predicted octanol–water partition coefficient (Wildman–Crippen LogP) is 3.67. The maximum Gasteiger partial charge on any atom is 0.281 e. The summed E-state index contributed by atoms with van der Waals surface area (Å²) >= 11 is 0. The summed E-state index contributed by atoms with van der Waals surface area (Å²) in [6.07, 6.45) is 1.23. The van der Waals surface area contributed by atoms with Crippen molar-refractivity contribution in [3.05, 3.63) is 65.2 Å². The molecule has 1 atom stereocenters. The lowest BCUT2D eigenvalue weighted by Gasteiger charge is -2.32. The van der Waals surface area contributed by atoms with Gasteiger partial charge in [-0.25, -0.2) is 0 Å². The van der Waals surface area contributed by atoms with Crippen molar-refractivity contribution in [1.82, 2.24) is 8.61 Å². The zero-order chi connectivity index (χ0) is 24.4. The van der Waals surface area contributed by atoms with E-state index in [9.17, 15) is 18.0 Å². The van der Waals surface area contributed by atoms with Gasteiger partial charge in [0.2, 0.25) is 5.91 Å². The summed E-state index contributed by atoms with van der Waals surface area (Å²) in [5.74, 6) is -0.807. The molecule has 0 radical (unpaired) electrons. The van der Waals surface area contributed by atoms with Crippen LogP contribution in [0, 0.1) is 5.92 Å². The highest BCUT2D eigenvalue weighted by molar-refractivity contribution is 7.86. The van der Waals surface area contributed by atoms with Crippen LogP contribution in [0.5, 0.6) is 0 Å². The number of hydrogen-bond acceptors (Lipinski definition) is 4. The van der Waals surface area contributed by atoms with E-state index in [1.54, 1.807) is 24.3 Å². The average Bonchev–Trinajstić information content (AvgIpc) is 2.78. The maximum absolute atomic E-state index is 13.0. The molecule has 1 amide bonds. The molecule has 33 heavy (non-hydrogen) atoms. The number of carbonyl (C=O) groups is 2. The molecule has 7 nitrogen and oxygen atoms in total. The molecule has 2 aromatic carbocycles. The van der Waals surface area contributed by atoms with Gasteiger partial charge in [-0.3, -0.25) is 9.59 Å². The molecule has 1 aliphatic rings. The Morgan fingerprint density at radius 1 is 1.03 bits per heavy atom. The van der Waals surface area contributed by atoms with Crippen molar-refractivity contribution in [2.75, 3.05) is 32.5 Å². The van der Waals surface area contributed by atoms with Crippen LogP contribution in [0.3, 0.4) is 0 Å². The fourth-order valence-corrected chi connectivity index (χ4v) is 5.06. The number of hydrogen-bond donors (Lipinski definition) is 1. The van der Waals surface area contributed by atoms with Crippen LogP contribution in [0.1, 0.15) is 55.1 Å². The summed E-state index contributed by atoms with van der Waals surface area (Å²) in [6, 6.07) is 14.4. The summed E-state index contributed by atoms with van der Waals surface area (Å²) in [4.78, 5) is 25.8. The van der Waals surface area contributed by atoms with E-state index >= 15 is 0 Å². The van der Waals surface area contributed by atoms with Crippen molar-refractivity contribution in [1.29, 1.82) is 0 Å². The largest absolute Gasteiger partial charge is 0.326 e. The summed E-state index contributed by atoms with van der Waals surface area (Å²) in [5.41, 5.74) is 2.74. The van der Waals surface area contributed by atoms with Gasteiger partial charge in [-0.15, -0.1) is 0 Å². The first-order valence-electron chi connectivity index (χ1n) is 11.1. The Morgan fingerprint density at radius 3 is 2.30 bits per heavy atom. The Labute approximate surface area is 197 Å². The lowest BCUT2D eigenvalue weighted by Crippen LogP contribution is -2.47. The Morgan fingerprint density at radius 2 is 1.70 bits per heavy atom. The molecule has 178 valence electrons. The van der Waals surface area contributed by atoms with Gasteiger partial charge in [0.1, 0.15) is 0 Å². The van der Waals surface area contributed by atoms with E-state index in [-0.39, 0.29) is 23.7 Å². The van der Waals surface area contributed by atoms with E-state index in [1.807, 2.05) is 24.3 Å². The van der Waals surface area contributed by atoms with Gasteiger partial charge in [-0.2, -0.15) is 17.0 Å². The van der Waals surface area contributed by atoms with Crippen LogP contribution in [-0.2, 0) is 20.4 Å². The van der Waals surface area contributed by atoms with Gasteiger partial charge in [0.25, 0.3) is 10.2 Å². The van der Waals surface area contributed by atoms with E-state index in [2.05, 4.69) is 26.1 Å². The molecule has 1 saturated heterocycles. The number of ketones is 1. The van der Waals surface area contributed by atoms with Crippen LogP contribution in [0.4, 0.5) is 5.69 Å². The number of carbonyl (C=O) groups excluding carboxylic acids is 2. The van der Waals surface area contributed by atoms with E-state index in [0.29, 0.717) is 36.2 Å². The molecule has 1 aliphatic heterocycles. The Kier molecular flexibility index (Phi) is 7.41. The fourth-order valence-electron chi connectivity index (χ4n) is 3.87. The van der Waals surface area contributed by atoms with Crippen LogP contribution in [-0.4, -0.2) is 55.9 Å². The fraction of sp³-hybridized carbons (Fsp3) is 0.440. The van der Waals surface area contributed by atoms with Crippen LogP contribution >= 0.6 is 0 Å². The van der Waals surface area contributed by atoms with Crippen molar-refractivity contribution in [3.8, 4) is 0 Å². The van der Waals surface area contributed by atoms with Gasteiger partial charge in [-0.05, 0) is 36.0 Å². The third-order valence-corrected chi connectivity index (χ3v) is 7.86. The van der Waals surface area contributed by atoms with E-state index in [4.69, 9.17) is 0 Å². The summed E-state index contributed by atoms with van der Waals surface area (Å²) in [6.45, 7) is 6.92. The quantitative estimate of drug-likeness (QED) is 0.651. The van der Waals surface area contributed by atoms with Gasteiger partial charge >= 0.3 is 0 Å². The molecule has 0 aliphatic carbocycles. The number of anilines is 1. The Hall–Kier alpha value is -2.55. The zero-order valence-corrected chi connectivity index (χ0v) is 20.8. The number of nitrogens with zero attached hydrogens (tertiary/aromatic N) is 2. The topological polar surface area (TPSA) is 86.8 Å². The molecule has 2 aromatic rings. The van der Waals surface area contributed by atoms with Gasteiger partial charge in [0.05, 0.1) is 5.92 Å². The molecule has 0 aromatic heterocycles. The summed E-state index contributed by atoms with van der Waals surface area (Å²) in [5, 5.41) is 2.86. The third kappa shape index (κ3) is 5.88. The minimum atomic E-state index is -3.56. The smallest absolute Gasteiger partial charge is 0.281 e. The molecule has 8 heteroatoms. The molecule has 0 bridgehead atoms. The minimum absolute atomic E-state index is 0.00630. The van der Waals surface area contributed by atoms with Gasteiger partial charge in [0, 0.05) is 44.0 Å². The van der Waals surface area contributed by atoms with Crippen molar-refractivity contribution < 1.29 is 18.0 Å². The Bertz CT molecular complexity index is 1120. The number of nitrogens with one attached hydrogen (secondary N) is 1. The second-order valence-electron chi connectivity index (χ2n) is 9.71. The normalized spacial score (nSPS) is 17.7. The number of amides is 1. The highest BCUT2D eigenvalue weighted by atomic mass is 32.2. The molecule has 1 fully saturated rings. The van der Waals surface area contributed by atoms with Crippen molar-refractivity contribution in [3.63, 3.8) is 0 Å². The first kappa shape index (κ1) is 25.1. The van der Waals surface area contributed by atoms with Crippen molar-refractivity contribution in [2.45, 2.75) is 39.0 Å². The second-order valence-corrected chi connectivity index (χ2v) is 11.9. The van der Waals surface area contributed by atoms with Gasteiger partial charge in [0.15, 0.2) is 5.78 Å². The first-order valence-corrected chi connectivity index (χ1v) is 12.5. The van der Waals surface area contributed by atoms with E-state index < -0.39 is 16.1 Å². The summed E-state index contributed by atoms with van der Waals surface area (Å²) < 4.78 is 27.4. The highest BCUT2D eigenvalue weighted by Gasteiger charge is 2.33. The second kappa shape index (κ2) is 9.75. The molecule has 0 saturated carbocycles. The number of benzene rings is 2. The first-order chi connectivity index (χ1) is 15.4. The molecule has 0 spiro atoms. The van der Waals surface area contributed by atoms with E-state index in [1.165, 1.54) is 18.4 Å². The molecular formula is C25H33N3O4S. The van der Waals surface area contributed by atoms with Crippen LogP contribution in [0.15, 0.2) is 48.5 Å². The molecule has 3 rings (SSSR count). The summed E-state index contributed by atoms with van der Waals surface area (Å²) in [7, 11) is -0.590. The van der Waals surface area contributed by atoms with E-state index in [0.717, 1.165) is 9.87 Å².